The third-order valence-corrected chi connectivity index (χ3v) is 4.42. The number of rotatable bonds is 2. The maximum atomic E-state index is 12.1. The lowest BCUT2D eigenvalue weighted by Crippen LogP contribution is -2.33. The largest absolute Gasteiger partial charge is 0.361 e. The molecular weight excluding hydrogens is 340 g/mol. The SMILES string of the molecule is CC(C)=CC(=O)N1CC=C(c2c[nH]c3ccc(Br)cc23)CC1. The first-order valence-electron chi connectivity index (χ1n) is 7.44. The van der Waals surface area contributed by atoms with Crippen molar-refractivity contribution >= 4 is 38.3 Å². The fraction of sp³-hybridized carbons (Fsp3) is 0.278. The molecule has 0 saturated heterocycles. The highest BCUT2D eigenvalue weighted by atomic mass is 79.9. The van der Waals surface area contributed by atoms with E-state index in [1.165, 1.54) is 16.5 Å². The molecule has 1 aliphatic heterocycles. The van der Waals surface area contributed by atoms with Gasteiger partial charge in [0, 0.05) is 46.3 Å². The van der Waals surface area contributed by atoms with Crippen LogP contribution in [-0.4, -0.2) is 28.9 Å². The predicted octanol–water partition coefficient (Wildman–Crippen LogP) is 4.51. The van der Waals surface area contributed by atoms with Crippen molar-refractivity contribution in [2.24, 2.45) is 0 Å². The van der Waals surface area contributed by atoms with Crippen LogP contribution in [0, 0.1) is 0 Å². The van der Waals surface area contributed by atoms with Crippen LogP contribution < -0.4 is 0 Å². The number of H-pyrrole nitrogens is 1. The first-order chi connectivity index (χ1) is 10.5. The van der Waals surface area contributed by atoms with Gasteiger partial charge in [-0.1, -0.05) is 27.6 Å². The number of amides is 1. The van der Waals surface area contributed by atoms with E-state index in [2.05, 4.69) is 45.3 Å². The summed E-state index contributed by atoms with van der Waals surface area (Å²) in [4.78, 5) is 17.3. The van der Waals surface area contributed by atoms with E-state index in [-0.39, 0.29) is 5.91 Å². The van der Waals surface area contributed by atoms with E-state index in [0.717, 1.165) is 28.5 Å². The minimum Gasteiger partial charge on any atom is -0.361 e. The minimum absolute atomic E-state index is 0.108. The van der Waals surface area contributed by atoms with Gasteiger partial charge in [0.2, 0.25) is 5.91 Å². The second-order valence-corrected chi connectivity index (χ2v) is 6.79. The van der Waals surface area contributed by atoms with E-state index in [9.17, 15) is 4.79 Å². The number of hydrogen-bond donors (Lipinski definition) is 1. The van der Waals surface area contributed by atoms with Gasteiger partial charge in [0.25, 0.3) is 0 Å². The lowest BCUT2D eigenvalue weighted by atomic mass is 9.99. The maximum Gasteiger partial charge on any atom is 0.246 e. The molecule has 1 aliphatic rings. The highest BCUT2D eigenvalue weighted by molar-refractivity contribution is 9.10. The Morgan fingerprint density at radius 1 is 1.36 bits per heavy atom. The first-order valence-corrected chi connectivity index (χ1v) is 8.24. The predicted molar refractivity (Wildman–Crippen MR) is 94.6 cm³/mol. The number of fused-ring (bicyclic) bond motifs is 1. The second-order valence-electron chi connectivity index (χ2n) is 5.88. The summed E-state index contributed by atoms with van der Waals surface area (Å²) in [6.45, 7) is 5.35. The number of halogens is 1. The fourth-order valence-electron chi connectivity index (χ4n) is 2.81. The van der Waals surface area contributed by atoms with Crippen LogP contribution in [0.5, 0.6) is 0 Å². The van der Waals surface area contributed by atoms with Gasteiger partial charge in [-0.25, -0.2) is 0 Å². The number of hydrogen-bond acceptors (Lipinski definition) is 1. The van der Waals surface area contributed by atoms with Crippen LogP contribution in [-0.2, 0) is 4.79 Å². The van der Waals surface area contributed by atoms with Crippen molar-refractivity contribution in [2.45, 2.75) is 20.3 Å². The van der Waals surface area contributed by atoms with Crippen molar-refractivity contribution in [3.8, 4) is 0 Å². The zero-order valence-corrected chi connectivity index (χ0v) is 14.4. The second kappa shape index (κ2) is 6.13. The summed E-state index contributed by atoms with van der Waals surface area (Å²) in [6.07, 6.45) is 6.84. The van der Waals surface area contributed by atoms with Crippen LogP contribution in [0.25, 0.3) is 16.5 Å². The summed E-state index contributed by atoms with van der Waals surface area (Å²) in [5.74, 6) is 0.108. The summed E-state index contributed by atoms with van der Waals surface area (Å²) >= 11 is 3.53. The van der Waals surface area contributed by atoms with E-state index in [0.29, 0.717) is 6.54 Å². The lowest BCUT2D eigenvalue weighted by Gasteiger charge is -2.25. The van der Waals surface area contributed by atoms with Crippen LogP contribution in [0.4, 0.5) is 0 Å². The summed E-state index contributed by atoms with van der Waals surface area (Å²) in [5.41, 5.74) is 4.74. The molecule has 114 valence electrons. The van der Waals surface area contributed by atoms with Gasteiger partial charge in [0.1, 0.15) is 0 Å². The van der Waals surface area contributed by atoms with Crippen LogP contribution in [0.2, 0.25) is 0 Å². The summed E-state index contributed by atoms with van der Waals surface area (Å²) in [5, 5.41) is 1.23. The van der Waals surface area contributed by atoms with Gasteiger partial charge in [-0.3, -0.25) is 4.79 Å². The van der Waals surface area contributed by atoms with Gasteiger partial charge >= 0.3 is 0 Å². The number of carbonyl (C=O) groups excluding carboxylic acids is 1. The summed E-state index contributed by atoms with van der Waals surface area (Å²) in [6, 6.07) is 6.26. The highest BCUT2D eigenvalue weighted by Crippen LogP contribution is 2.31. The molecular formula is C18H19BrN2O. The van der Waals surface area contributed by atoms with Crippen molar-refractivity contribution in [1.29, 1.82) is 0 Å². The number of aromatic nitrogens is 1. The minimum atomic E-state index is 0.108. The van der Waals surface area contributed by atoms with Crippen molar-refractivity contribution in [2.75, 3.05) is 13.1 Å². The molecule has 0 fully saturated rings. The monoisotopic (exact) mass is 358 g/mol. The molecule has 1 N–H and O–H groups in total. The molecule has 22 heavy (non-hydrogen) atoms. The number of nitrogens with one attached hydrogen (secondary N) is 1. The third-order valence-electron chi connectivity index (χ3n) is 3.92. The number of allylic oxidation sites excluding steroid dienone is 1. The van der Waals surface area contributed by atoms with E-state index in [4.69, 9.17) is 0 Å². The first kappa shape index (κ1) is 15.1. The fourth-order valence-corrected chi connectivity index (χ4v) is 3.17. The van der Waals surface area contributed by atoms with Crippen molar-refractivity contribution in [3.05, 3.63) is 52.2 Å². The molecule has 2 heterocycles. The topological polar surface area (TPSA) is 36.1 Å². The average Bonchev–Trinajstić information content (AvgIpc) is 2.89. The molecule has 0 unspecified atom stereocenters. The van der Waals surface area contributed by atoms with E-state index in [1.54, 1.807) is 6.08 Å². The number of aromatic amines is 1. The molecule has 0 radical (unpaired) electrons. The number of nitrogens with zero attached hydrogens (tertiary/aromatic N) is 1. The quantitative estimate of drug-likeness (QED) is 0.787. The standard InChI is InChI=1S/C18H19BrN2O/c1-12(2)9-18(22)21-7-5-13(6-8-21)16-11-20-17-4-3-14(19)10-15(16)17/h3-5,9-11,20H,6-8H2,1-2H3. The zero-order chi connectivity index (χ0) is 15.7. The van der Waals surface area contributed by atoms with Crippen molar-refractivity contribution in [3.63, 3.8) is 0 Å². The summed E-state index contributed by atoms with van der Waals surface area (Å²) in [7, 11) is 0. The summed E-state index contributed by atoms with van der Waals surface area (Å²) < 4.78 is 1.08. The van der Waals surface area contributed by atoms with Gasteiger partial charge in [-0.2, -0.15) is 0 Å². The molecule has 0 saturated carbocycles. The molecule has 0 spiro atoms. The van der Waals surface area contributed by atoms with Crippen LogP contribution in [0.1, 0.15) is 25.8 Å². The normalized spacial score (nSPS) is 14.9. The van der Waals surface area contributed by atoms with Gasteiger partial charge in [-0.15, -0.1) is 0 Å². The van der Waals surface area contributed by atoms with E-state index in [1.807, 2.05) is 24.8 Å². The zero-order valence-electron chi connectivity index (χ0n) is 12.8. The third kappa shape index (κ3) is 3.02. The Bertz CT molecular complexity index is 781. The van der Waals surface area contributed by atoms with Crippen LogP contribution >= 0.6 is 15.9 Å². The number of benzene rings is 1. The van der Waals surface area contributed by atoms with Crippen molar-refractivity contribution in [1.82, 2.24) is 9.88 Å². The Hall–Kier alpha value is -1.81. The Kier molecular flexibility index (Phi) is 4.21. The highest BCUT2D eigenvalue weighted by Gasteiger charge is 2.18. The van der Waals surface area contributed by atoms with Gasteiger partial charge in [0.15, 0.2) is 0 Å². The molecule has 0 bridgehead atoms. The molecule has 0 aliphatic carbocycles. The Labute approximate surface area is 138 Å². The van der Waals surface area contributed by atoms with Gasteiger partial charge < -0.3 is 9.88 Å². The molecule has 3 rings (SSSR count). The molecule has 1 amide bonds. The van der Waals surface area contributed by atoms with Gasteiger partial charge in [-0.05, 0) is 44.0 Å². The average molecular weight is 359 g/mol. The van der Waals surface area contributed by atoms with Crippen LogP contribution in [0.15, 0.2) is 46.6 Å². The van der Waals surface area contributed by atoms with Crippen LogP contribution in [0.3, 0.4) is 0 Å². The Morgan fingerprint density at radius 2 is 2.18 bits per heavy atom. The molecule has 3 nitrogen and oxygen atoms in total. The molecule has 2 aromatic rings. The lowest BCUT2D eigenvalue weighted by molar-refractivity contribution is -0.125. The number of carbonyl (C=O) groups is 1. The molecule has 0 atom stereocenters. The van der Waals surface area contributed by atoms with E-state index >= 15 is 0 Å². The van der Waals surface area contributed by atoms with Crippen molar-refractivity contribution < 1.29 is 4.79 Å². The maximum absolute atomic E-state index is 12.1. The van der Waals surface area contributed by atoms with Gasteiger partial charge in [0.05, 0.1) is 0 Å². The molecule has 1 aromatic heterocycles. The Balaban J connectivity index is 1.85. The molecule has 4 heteroatoms. The molecule has 1 aromatic carbocycles. The Morgan fingerprint density at radius 3 is 2.86 bits per heavy atom. The smallest absolute Gasteiger partial charge is 0.246 e. The van der Waals surface area contributed by atoms with E-state index < -0.39 is 0 Å².